The van der Waals surface area contributed by atoms with Gasteiger partial charge in [0.05, 0.1) is 19.0 Å². The lowest BCUT2D eigenvalue weighted by atomic mass is 10.1. The molecule has 1 fully saturated rings. The fraction of sp³-hybridized carbons (Fsp3) is 0.312. The molecule has 6 nitrogen and oxygen atoms in total. The Morgan fingerprint density at radius 1 is 1.32 bits per heavy atom. The van der Waals surface area contributed by atoms with Crippen molar-refractivity contribution in [2.75, 3.05) is 7.11 Å². The van der Waals surface area contributed by atoms with Crippen LogP contribution in [0, 0.1) is 5.92 Å². The fourth-order valence-corrected chi connectivity index (χ4v) is 2.55. The molecule has 1 N–H and O–H groups in total. The van der Waals surface area contributed by atoms with Gasteiger partial charge < -0.3 is 4.74 Å². The van der Waals surface area contributed by atoms with Gasteiger partial charge in [-0.15, -0.1) is 0 Å². The number of rotatable bonds is 4. The highest BCUT2D eigenvalue weighted by Crippen LogP contribution is 2.31. The average Bonchev–Trinajstić information content (AvgIpc) is 3.32. The van der Waals surface area contributed by atoms with Crippen LogP contribution in [0.3, 0.4) is 0 Å². The Hall–Kier alpha value is -2.63. The molecule has 2 aromatic heterocycles. The van der Waals surface area contributed by atoms with Gasteiger partial charge >= 0.3 is 5.69 Å². The molecular formula is C16H16N4O2. The Morgan fingerprint density at radius 3 is 2.77 bits per heavy atom. The van der Waals surface area contributed by atoms with Crippen molar-refractivity contribution in [1.29, 1.82) is 0 Å². The summed E-state index contributed by atoms with van der Waals surface area (Å²) in [7, 11) is 1.64. The largest absolute Gasteiger partial charge is 0.497 e. The highest BCUT2D eigenvalue weighted by atomic mass is 16.5. The van der Waals surface area contributed by atoms with E-state index >= 15 is 0 Å². The average molecular weight is 296 g/mol. The number of hydrogen-bond acceptors (Lipinski definition) is 4. The smallest absolute Gasteiger partial charge is 0.328 e. The van der Waals surface area contributed by atoms with Crippen molar-refractivity contribution in [1.82, 2.24) is 19.5 Å². The lowest BCUT2D eigenvalue weighted by Crippen LogP contribution is -2.18. The second kappa shape index (κ2) is 4.98. The second-order valence-electron chi connectivity index (χ2n) is 5.64. The molecule has 6 heteroatoms. The van der Waals surface area contributed by atoms with Crippen LogP contribution in [-0.4, -0.2) is 26.6 Å². The zero-order chi connectivity index (χ0) is 15.1. The topological polar surface area (TPSA) is 72.8 Å². The van der Waals surface area contributed by atoms with Gasteiger partial charge in [0.2, 0.25) is 0 Å². The molecule has 0 bridgehead atoms. The fourth-order valence-electron chi connectivity index (χ4n) is 2.55. The molecule has 4 rings (SSSR count). The number of hydrogen-bond donors (Lipinski definition) is 1. The van der Waals surface area contributed by atoms with Gasteiger partial charge in [-0.1, -0.05) is 0 Å². The molecule has 1 aromatic carbocycles. The summed E-state index contributed by atoms with van der Waals surface area (Å²) in [6, 6.07) is 7.64. The standard InChI is InChI=1S/C16H16N4O2/c1-22-12-6-4-11(5-7-12)13-8-17-14-15(18-13)20(16(21)19-14)9-10-2-3-10/h4-8,10H,2-3,9H2,1H3,(H,17,19,21). The maximum atomic E-state index is 12.0. The van der Waals surface area contributed by atoms with Gasteiger partial charge in [-0.25, -0.2) is 14.8 Å². The SMILES string of the molecule is COc1ccc(-c2cnc3[nH]c(=O)n(CC4CC4)c3n2)cc1. The molecule has 0 aliphatic heterocycles. The molecule has 0 unspecified atom stereocenters. The van der Waals surface area contributed by atoms with Crippen molar-refractivity contribution in [2.45, 2.75) is 19.4 Å². The molecule has 0 amide bonds. The zero-order valence-corrected chi connectivity index (χ0v) is 12.2. The van der Waals surface area contributed by atoms with Crippen LogP contribution in [0.15, 0.2) is 35.3 Å². The highest BCUT2D eigenvalue weighted by Gasteiger charge is 2.24. The number of imidazole rings is 1. The minimum absolute atomic E-state index is 0.131. The van der Waals surface area contributed by atoms with Gasteiger partial charge in [0.25, 0.3) is 0 Å². The lowest BCUT2D eigenvalue weighted by Gasteiger charge is -2.04. The van der Waals surface area contributed by atoms with E-state index in [-0.39, 0.29) is 5.69 Å². The Morgan fingerprint density at radius 2 is 2.09 bits per heavy atom. The number of benzene rings is 1. The number of H-pyrrole nitrogens is 1. The molecule has 2 heterocycles. The molecule has 1 aliphatic carbocycles. The first-order chi connectivity index (χ1) is 10.7. The van der Waals surface area contributed by atoms with E-state index in [0.717, 1.165) is 23.6 Å². The number of aromatic amines is 1. The molecule has 3 aromatic rings. The van der Waals surface area contributed by atoms with Crippen molar-refractivity contribution >= 4 is 11.3 Å². The third-order valence-electron chi connectivity index (χ3n) is 4.00. The highest BCUT2D eigenvalue weighted by molar-refractivity contribution is 5.71. The Labute approximate surface area is 126 Å². The maximum Gasteiger partial charge on any atom is 0.328 e. The summed E-state index contributed by atoms with van der Waals surface area (Å²) >= 11 is 0. The van der Waals surface area contributed by atoms with Gasteiger partial charge in [0.15, 0.2) is 11.3 Å². The van der Waals surface area contributed by atoms with Crippen LogP contribution in [0.2, 0.25) is 0 Å². The van der Waals surface area contributed by atoms with Crippen molar-refractivity contribution in [3.63, 3.8) is 0 Å². The lowest BCUT2D eigenvalue weighted by molar-refractivity contribution is 0.415. The Kier molecular flexibility index (Phi) is 2.96. The number of methoxy groups -OCH3 is 1. The van der Waals surface area contributed by atoms with Crippen molar-refractivity contribution in [3.8, 4) is 17.0 Å². The minimum Gasteiger partial charge on any atom is -0.497 e. The summed E-state index contributed by atoms with van der Waals surface area (Å²) < 4.78 is 6.86. The predicted octanol–water partition coefficient (Wildman–Crippen LogP) is 2.21. The molecule has 0 saturated heterocycles. The van der Waals surface area contributed by atoms with Crippen LogP contribution in [0.1, 0.15) is 12.8 Å². The molecule has 22 heavy (non-hydrogen) atoms. The van der Waals surface area contributed by atoms with Gasteiger partial charge in [0.1, 0.15) is 5.75 Å². The first-order valence-corrected chi connectivity index (χ1v) is 7.34. The van der Waals surface area contributed by atoms with Crippen LogP contribution >= 0.6 is 0 Å². The van der Waals surface area contributed by atoms with E-state index in [1.54, 1.807) is 17.9 Å². The molecular weight excluding hydrogens is 280 g/mol. The summed E-state index contributed by atoms with van der Waals surface area (Å²) in [6.45, 7) is 0.722. The maximum absolute atomic E-state index is 12.0. The molecule has 0 radical (unpaired) electrons. The van der Waals surface area contributed by atoms with Crippen LogP contribution in [0.5, 0.6) is 5.75 Å². The first kappa shape index (κ1) is 13.1. The number of ether oxygens (including phenoxy) is 1. The third kappa shape index (κ3) is 2.26. The van der Waals surface area contributed by atoms with Gasteiger partial charge in [-0.2, -0.15) is 0 Å². The number of fused-ring (bicyclic) bond motifs is 1. The van der Waals surface area contributed by atoms with Crippen molar-refractivity contribution in [3.05, 3.63) is 40.9 Å². The molecule has 1 aliphatic rings. The van der Waals surface area contributed by atoms with Crippen LogP contribution in [0.4, 0.5) is 0 Å². The summed E-state index contributed by atoms with van der Waals surface area (Å²) in [5.74, 6) is 1.40. The normalized spacial score (nSPS) is 14.4. The summed E-state index contributed by atoms with van der Waals surface area (Å²) in [5, 5.41) is 0. The van der Waals surface area contributed by atoms with Crippen LogP contribution < -0.4 is 10.4 Å². The van der Waals surface area contributed by atoms with Gasteiger partial charge in [-0.05, 0) is 43.0 Å². The first-order valence-electron chi connectivity index (χ1n) is 7.34. The van der Waals surface area contributed by atoms with E-state index in [2.05, 4.69) is 15.0 Å². The zero-order valence-electron chi connectivity index (χ0n) is 12.2. The number of nitrogens with one attached hydrogen (secondary N) is 1. The molecule has 0 spiro atoms. The van der Waals surface area contributed by atoms with E-state index < -0.39 is 0 Å². The van der Waals surface area contributed by atoms with Crippen LogP contribution in [0.25, 0.3) is 22.6 Å². The molecule has 112 valence electrons. The summed E-state index contributed by atoms with van der Waals surface area (Å²) in [6.07, 6.45) is 4.05. The Balaban J connectivity index is 1.79. The van der Waals surface area contributed by atoms with Crippen molar-refractivity contribution < 1.29 is 4.74 Å². The minimum atomic E-state index is -0.131. The molecule has 0 atom stereocenters. The monoisotopic (exact) mass is 296 g/mol. The van der Waals surface area contributed by atoms with E-state index in [1.165, 1.54) is 12.8 Å². The summed E-state index contributed by atoms with van der Waals surface area (Å²) in [4.78, 5) is 23.8. The van der Waals surface area contributed by atoms with Crippen LogP contribution in [-0.2, 0) is 6.54 Å². The summed E-state index contributed by atoms with van der Waals surface area (Å²) in [5.41, 5.74) is 2.74. The second-order valence-corrected chi connectivity index (χ2v) is 5.64. The van der Waals surface area contributed by atoms with E-state index in [1.807, 2.05) is 24.3 Å². The predicted molar refractivity (Wildman–Crippen MR) is 82.9 cm³/mol. The van der Waals surface area contributed by atoms with Crippen molar-refractivity contribution in [2.24, 2.45) is 5.92 Å². The van der Waals surface area contributed by atoms with E-state index in [4.69, 9.17) is 4.74 Å². The number of aromatic nitrogens is 4. The van der Waals surface area contributed by atoms with E-state index in [0.29, 0.717) is 17.2 Å². The molecule has 1 saturated carbocycles. The third-order valence-corrected chi connectivity index (χ3v) is 4.00. The number of nitrogens with zero attached hydrogens (tertiary/aromatic N) is 3. The quantitative estimate of drug-likeness (QED) is 0.801. The van der Waals surface area contributed by atoms with Gasteiger partial charge in [0, 0.05) is 12.1 Å². The van der Waals surface area contributed by atoms with E-state index in [9.17, 15) is 4.79 Å². The Bertz CT molecular complexity index is 875. The van der Waals surface area contributed by atoms with Gasteiger partial charge in [-0.3, -0.25) is 9.55 Å².